The summed E-state index contributed by atoms with van der Waals surface area (Å²) in [6, 6.07) is 7.71. The van der Waals surface area contributed by atoms with Crippen LogP contribution in [0.2, 0.25) is 0 Å². The number of carbonyl (C=O) groups is 1. The van der Waals surface area contributed by atoms with Crippen LogP contribution in [0.5, 0.6) is 0 Å². The Balaban J connectivity index is 2.04. The first-order valence-corrected chi connectivity index (χ1v) is 8.50. The summed E-state index contributed by atoms with van der Waals surface area (Å²) in [5.41, 5.74) is 2.12. The van der Waals surface area contributed by atoms with Crippen LogP contribution in [-0.4, -0.2) is 25.7 Å². The largest absolute Gasteiger partial charge is 0.334 e. The van der Waals surface area contributed by atoms with Crippen LogP contribution in [0.1, 0.15) is 11.1 Å². The molecule has 0 unspecified atom stereocenters. The lowest BCUT2D eigenvalue weighted by atomic mass is 10.2. The number of pyridine rings is 1. The summed E-state index contributed by atoms with van der Waals surface area (Å²) in [4.78, 5) is 16.0. The van der Waals surface area contributed by atoms with Crippen molar-refractivity contribution in [1.29, 1.82) is 0 Å². The molecule has 2 N–H and O–H groups in total. The van der Waals surface area contributed by atoms with Crippen LogP contribution >= 0.6 is 0 Å². The van der Waals surface area contributed by atoms with E-state index in [9.17, 15) is 13.2 Å². The SMILES string of the molecule is Cc1cncc(CNC(=O)Nc2ccccc2S(C)(=O)=O)c1. The van der Waals surface area contributed by atoms with E-state index in [-0.39, 0.29) is 10.6 Å². The van der Waals surface area contributed by atoms with Crippen molar-refractivity contribution >= 4 is 21.6 Å². The standard InChI is InChI=1S/C15H17N3O3S/c1-11-7-12(9-16-8-11)10-17-15(19)18-13-5-3-4-6-14(13)22(2,20)21/h3-9H,10H2,1-2H3,(H2,17,18,19). The number of nitrogens with one attached hydrogen (secondary N) is 2. The Morgan fingerprint density at radius 2 is 1.95 bits per heavy atom. The second-order valence-electron chi connectivity index (χ2n) is 4.95. The topological polar surface area (TPSA) is 88.2 Å². The monoisotopic (exact) mass is 319 g/mol. The van der Waals surface area contributed by atoms with Crippen molar-refractivity contribution in [2.75, 3.05) is 11.6 Å². The van der Waals surface area contributed by atoms with Gasteiger partial charge in [-0.15, -0.1) is 0 Å². The number of nitrogens with zero attached hydrogens (tertiary/aromatic N) is 1. The first kappa shape index (κ1) is 16.0. The van der Waals surface area contributed by atoms with Gasteiger partial charge in [-0.05, 0) is 30.2 Å². The second kappa shape index (κ2) is 6.57. The Hall–Kier alpha value is -2.41. The highest BCUT2D eigenvalue weighted by atomic mass is 32.2. The number of para-hydroxylation sites is 1. The molecule has 0 aliphatic rings. The maximum Gasteiger partial charge on any atom is 0.319 e. The van der Waals surface area contributed by atoms with Gasteiger partial charge >= 0.3 is 6.03 Å². The van der Waals surface area contributed by atoms with E-state index >= 15 is 0 Å². The summed E-state index contributed by atoms with van der Waals surface area (Å²) in [5, 5.41) is 5.22. The quantitative estimate of drug-likeness (QED) is 0.903. The molecule has 116 valence electrons. The fourth-order valence-corrected chi connectivity index (χ4v) is 2.80. The molecule has 0 radical (unpaired) electrons. The van der Waals surface area contributed by atoms with E-state index in [0.29, 0.717) is 6.54 Å². The molecular formula is C15H17N3O3S. The number of sulfone groups is 1. The number of aromatic nitrogens is 1. The summed E-state index contributed by atoms with van der Waals surface area (Å²) in [5.74, 6) is 0. The molecule has 2 aromatic rings. The molecule has 2 amide bonds. The third-order valence-corrected chi connectivity index (χ3v) is 4.07. The summed E-state index contributed by atoms with van der Waals surface area (Å²) < 4.78 is 23.3. The predicted molar refractivity (Wildman–Crippen MR) is 84.4 cm³/mol. The van der Waals surface area contributed by atoms with Gasteiger partial charge in [0.05, 0.1) is 10.6 Å². The lowest BCUT2D eigenvalue weighted by molar-refractivity contribution is 0.251. The Labute approximate surface area is 129 Å². The van der Waals surface area contributed by atoms with Crippen LogP contribution in [0, 0.1) is 6.92 Å². The summed E-state index contributed by atoms with van der Waals surface area (Å²) in [7, 11) is -3.40. The Kier molecular flexibility index (Phi) is 4.77. The zero-order valence-electron chi connectivity index (χ0n) is 12.3. The molecular weight excluding hydrogens is 302 g/mol. The molecule has 0 saturated carbocycles. The van der Waals surface area contributed by atoms with Gasteiger partial charge in [0.1, 0.15) is 0 Å². The highest BCUT2D eigenvalue weighted by molar-refractivity contribution is 7.90. The smallest absolute Gasteiger partial charge is 0.319 e. The van der Waals surface area contributed by atoms with Gasteiger partial charge in [-0.25, -0.2) is 13.2 Å². The maximum atomic E-state index is 11.9. The van der Waals surface area contributed by atoms with Crippen LogP contribution in [-0.2, 0) is 16.4 Å². The van der Waals surface area contributed by atoms with Crippen molar-refractivity contribution in [2.45, 2.75) is 18.4 Å². The van der Waals surface area contributed by atoms with Crippen LogP contribution in [0.25, 0.3) is 0 Å². The van der Waals surface area contributed by atoms with Crippen LogP contribution in [0.4, 0.5) is 10.5 Å². The van der Waals surface area contributed by atoms with Crippen molar-refractivity contribution in [3.8, 4) is 0 Å². The molecule has 1 heterocycles. The normalized spacial score (nSPS) is 11.0. The molecule has 0 aliphatic carbocycles. The number of benzene rings is 1. The summed E-state index contributed by atoms with van der Waals surface area (Å²) in [6.07, 6.45) is 4.49. The minimum atomic E-state index is -3.40. The first-order valence-electron chi connectivity index (χ1n) is 6.61. The summed E-state index contributed by atoms with van der Waals surface area (Å²) >= 11 is 0. The van der Waals surface area contributed by atoms with Gasteiger partial charge in [0.2, 0.25) is 0 Å². The molecule has 0 bridgehead atoms. The molecule has 22 heavy (non-hydrogen) atoms. The number of hydrogen-bond donors (Lipinski definition) is 2. The fourth-order valence-electron chi connectivity index (χ4n) is 1.96. The molecule has 7 heteroatoms. The average molecular weight is 319 g/mol. The van der Waals surface area contributed by atoms with E-state index in [1.165, 1.54) is 6.07 Å². The van der Waals surface area contributed by atoms with E-state index in [1.807, 2.05) is 13.0 Å². The van der Waals surface area contributed by atoms with E-state index in [1.54, 1.807) is 30.6 Å². The van der Waals surface area contributed by atoms with Crippen LogP contribution < -0.4 is 10.6 Å². The van der Waals surface area contributed by atoms with Gasteiger partial charge in [-0.1, -0.05) is 18.2 Å². The lowest BCUT2D eigenvalue weighted by Crippen LogP contribution is -2.28. The molecule has 0 spiro atoms. The second-order valence-corrected chi connectivity index (χ2v) is 6.93. The van der Waals surface area contributed by atoms with E-state index in [2.05, 4.69) is 15.6 Å². The van der Waals surface area contributed by atoms with Gasteiger partial charge in [0, 0.05) is 25.2 Å². The van der Waals surface area contributed by atoms with Crippen molar-refractivity contribution in [3.63, 3.8) is 0 Å². The number of carbonyl (C=O) groups excluding carboxylic acids is 1. The predicted octanol–water partition coefficient (Wildman–Crippen LogP) is 2.12. The number of amides is 2. The lowest BCUT2D eigenvalue weighted by Gasteiger charge is -2.11. The summed E-state index contributed by atoms with van der Waals surface area (Å²) in [6.45, 7) is 2.22. The molecule has 1 aromatic heterocycles. The minimum absolute atomic E-state index is 0.0855. The van der Waals surface area contributed by atoms with Crippen molar-refractivity contribution in [3.05, 3.63) is 53.9 Å². The molecule has 6 nitrogen and oxygen atoms in total. The van der Waals surface area contributed by atoms with Crippen molar-refractivity contribution < 1.29 is 13.2 Å². The molecule has 2 rings (SSSR count). The molecule has 1 aromatic carbocycles. The fraction of sp³-hybridized carbons (Fsp3) is 0.200. The number of rotatable bonds is 4. The number of urea groups is 1. The van der Waals surface area contributed by atoms with E-state index in [0.717, 1.165) is 17.4 Å². The van der Waals surface area contributed by atoms with Crippen LogP contribution in [0.3, 0.4) is 0 Å². The third kappa shape index (κ3) is 4.29. The van der Waals surface area contributed by atoms with Gasteiger partial charge < -0.3 is 10.6 Å². The first-order chi connectivity index (χ1) is 10.4. The zero-order valence-corrected chi connectivity index (χ0v) is 13.1. The van der Waals surface area contributed by atoms with Gasteiger partial charge in [0.25, 0.3) is 0 Å². The van der Waals surface area contributed by atoms with Gasteiger partial charge in [0.15, 0.2) is 9.84 Å². The van der Waals surface area contributed by atoms with Crippen molar-refractivity contribution in [1.82, 2.24) is 10.3 Å². The molecule has 0 atom stereocenters. The Morgan fingerprint density at radius 1 is 1.23 bits per heavy atom. The molecule has 0 saturated heterocycles. The number of aryl methyl sites for hydroxylation is 1. The highest BCUT2D eigenvalue weighted by Gasteiger charge is 2.14. The van der Waals surface area contributed by atoms with E-state index < -0.39 is 15.9 Å². The van der Waals surface area contributed by atoms with Crippen molar-refractivity contribution in [2.24, 2.45) is 0 Å². The minimum Gasteiger partial charge on any atom is -0.334 e. The Morgan fingerprint density at radius 3 is 2.64 bits per heavy atom. The highest BCUT2D eigenvalue weighted by Crippen LogP contribution is 2.20. The molecule has 0 fully saturated rings. The Bertz CT molecular complexity index is 788. The van der Waals surface area contributed by atoms with Gasteiger partial charge in [-0.2, -0.15) is 0 Å². The average Bonchev–Trinajstić information content (AvgIpc) is 2.45. The number of hydrogen-bond acceptors (Lipinski definition) is 4. The third-order valence-electron chi connectivity index (χ3n) is 2.92. The van der Waals surface area contributed by atoms with Gasteiger partial charge in [-0.3, -0.25) is 4.98 Å². The maximum absolute atomic E-state index is 11.9. The zero-order chi connectivity index (χ0) is 16.2. The molecule has 0 aliphatic heterocycles. The number of anilines is 1. The van der Waals surface area contributed by atoms with E-state index in [4.69, 9.17) is 0 Å². The van der Waals surface area contributed by atoms with Crippen LogP contribution in [0.15, 0.2) is 47.6 Å².